The van der Waals surface area contributed by atoms with E-state index in [0.29, 0.717) is 11.7 Å². The number of amidine groups is 1. The second-order valence-electron chi connectivity index (χ2n) is 6.43. The number of aliphatic hydroxyl groups is 1. The number of carbonyl (C=O) groups excluding carboxylic acids is 1. The van der Waals surface area contributed by atoms with Crippen LogP contribution in [0.5, 0.6) is 0 Å². The molecule has 0 aliphatic carbocycles. The van der Waals surface area contributed by atoms with E-state index in [1.165, 1.54) is 18.7 Å². The van der Waals surface area contributed by atoms with E-state index in [-0.39, 0.29) is 18.5 Å². The van der Waals surface area contributed by atoms with Gasteiger partial charge in [0.2, 0.25) is 0 Å². The number of hydrogen-bond donors (Lipinski definition) is 3. The number of aliphatic hydroxyl groups excluding tert-OH is 1. The fraction of sp³-hybridized carbons (Fsp3) is 0.600. The summed E-state index contributed by atoms with van der Waals surface area (Å²) in [6.45, 7) is 7.00. The lowest BCUT2D eigenvalue weighted by Crippen LogP contribution is -2.45. The Morgan fingerprint density at radius 1 is 1.70 bits per heavy atom. The van der Waals surface area contributed by atoms with E-state index in [0.717, 1.165) is 0 Å². The number of rotatable bonds is 5. The summed E-state index contributed by atoms with van der Waals surface area (Å²) in [5.74, 6) is 0.305. The summed E-state index contributed by atoms with van der Waals surface area (Å²) in [6, 6.07) is -0.444. The lowest BCUT2D eigenvalue weighted by Gasteiger charge is -2.34. The molecule has 1 unspecified atom stereocenters. The summed E-state index contributed by atoms with van der Waals surface area (Å²) >= 11 is 1.43. The molecule has 0 radical (unpaired) electrons. The van der Waals surface area contributed by atoms with Crippen molar-refractivity contribution in [2.75, 3.05) is 13.2 Å². The first-order valence-corrected chi connectivity index (χ1v) is 10.8. The number of thioether (sulfide) groups is 1. The predicted octanol–water partition coefficient (Wildman–Crippen LogP) is 0.511. The molecule has 0 aromatic heterocycles. The normalized spacial score (nSPS) is 36.9. The van der Waals surface area contributed by atoms with E-state index in [1.807, 2.05) is 0 Å². The first kappa shape index (κ1) is 20.4. The maximum Gasteiger partial charge on any atom is 0.406 e. The molecule has 3 heterocycles. The van der Waals surface area contributed by atoms with Crippen LogP contribution in [0.25, 0.3) is 0 Å². The van der Waals surface area contributed by atoms with Crippen molar-refractivity contribution in [2.24, 2.45) is 10.7 Å². The van der Waals surface area contributed by atoms with Gasteiger partial charge in [0, 0.05) is 19.2 Å². The SMILES string of the molecule is C=C1N=C(N)C=CN1[C@@H]1S[C@@H]2COP(=O)(N[C@@H](C)COC(C)=O)O[C@H]2[C@@H]1O. The molecule has 0 bridgehead atoms. The van der Waals surface area contributed by atoms with Crippen LogP contribution in [0.4, 0.5) is 0 Å². The van der Waals surface area contributed by atoms with Crippen LogP contribution in [0, 0.1) is 0 Å². The summed E-state index contributed by atoms with van der Waals surface area (Å²) in [5.41, 5.74) is 5.65. The van der Waals surface area contributed by atoms with Gasteiger partial charge in [-0.1, -0.05) is 6.58 Å². The highest BCUT2D eigenvalue weighted by Crippen LogP contribution is 2.55. The molecule has 3 rings (SSSR count). The Labute approximate surface area is 161 Å². The van der Waals surface area contributed by atoms with Gasteiger partial charge in [-0.05, 0) is 13.0 Å². The van der Waals surface area contributed by atoms with Gasteiger partial charge in [0.05, 0.1) is 11.9 Å². The Bertz CT molecular complexity index is 731. The number of nitrogens with two attached hydrogens (primary N) is 1. The molecular formula is C15H23N4O6PS. The van der Waals surface area contributed by atoms with Crippen LogP contribution < -0.4 is 10.8 Å². The first-order valence-electron chi connectivity index (χ1n) is 8.36. The minimum absolute atomic E-state index is 0.0257. The van der Waals surface area contributed by atoms with Crippen molar-refractivity contribution in [1.29, 1.82) is 0 Å². The number of ether oxygens (including phenoxy) is 1. The average molecular weight is 418 g/mol. The molecule has 6 atom stereocenters. The second-order valence-corrected chi connectivity index (χ2v) is 9.51. The van der Waals surface area contributed by atoms with Gasteiger partial charge in [0.15, 0.2) is 0 Å². The van der Waals surface area contributed by atoms with Crippen molar-refractivity contribution in [2.45, 2.75) is 42.7 Å². The van der Waals surface area contributed by atoms with E-state index in [4.69, 9.17) is 19.5 Å². The molecule has 27 heavy (non-hydrogen) atoms. The summed E-state index contributed by atoms with van der Waals surface area (Å²) < 4.78 is 28.8. The molecule has 12 heteroatoms. The van der Waals surface area contributed by atoms with Crippen molar-refractivity contribution >= 4 is 31.3 Å². The summed E-state index contributed by atoms with van der Waals surface area (Å²) in [5, 5.41) is 12.8. The molecule has 0 saturated carbocycles. The van der Waals surface area contributed by atoms with Gasteiger partial charge < -0.3 is 20.5 Å². The lowest BCUT2D eigenvalue weighted by atomic mass is 10.1. The van der Waals surface area contributed by atoms with Gasteiger partial charge in [-0.25, -0.2) is 14.6 Å². The number of nitrogens with one attached hydrogen (secondary N) is 1. The zero-order valence-electron chi connectivity index (χ0n) is 15.0. The highest BCUT2D eigenvalue weighted by atomic mass is 32.2. The minimum Gasteiger partial charge on any atom is -0.464 e. The molecule has 0 amide bonds. The number of carbonyl (C=O) groups is 1. The number of esters is 1. The van der Waals surface area contributed by atoms with Crippen molar-refractivity contribution < 1.29 is 28.3 Å². The van der Waals surface area contributed by atoms with Crippen molar-refractivity contribution in [1.82, 2.24) is 9.99 Å². The standard InChI is InChI=1S/C15H23N4O6PS/c1-8(6-23-10(3)20)18-26(22)24-7-11-14(25-26)13(21)15(27-11)19-5-4-12(16)17-9(19)2/h4-5,8,11,13-15,21H,2,6-7H2,1,3H3,(H2,16,17)(H,18,22)/t8-,11+,13-,14+,15+,26?/m0/s1. The fourth-order valence-corrected chi connectivity index (χ4v) is 6.37. The third-order valence-corrected chi connectivity index (χ3v) is 7.44. The lowest BCUT2D eigenvalue weighted by molar-refractivity contribution is -0.141. The summed E-state index contributed by atoms with van der Waals surface area (Å²) in [7, 11) is -3.65. The molecule has 4 N–H and O–H groups in total. The number of fused-ring (bicyclic) bond motifs is 1. The number of aliphatic imine (C=N–C) groups is 1. The zero-order valence-corrected chi connectivity index (χ0v) is 16.7. The van der Waals surface area contributed by atoms with Crippen molar-refractivity contribution in [3.8, 4) is 0 Å². The maximum absolute atomic E-state index is 12.9. The van der Waals surface area contributed by atoms with Crippen LogP contribution >= 0.6 is 19.5 Å². The Hall–Kier alpha value is -1.36. The minimum atomic E-state index is -3.65. The smallest absolute Gasteiger partial charge is 0.406 e. The Kier molecular flexibility index (Phi) is 5.99. The third-order valence-electron chi connectivity index (χ3n) is 4.13. The molecule has 0 aromatic rings. The van der Waals surface area contributed by atoms with Crippen LogP contribution in [0.1, 0.15) is 13.8 Å². The van der Waals surface area contributed by atoms with E-state index in [2.05, 4.69) is 16.7 Å². The van der Waals surface area contributed by atoms with Gasteiger partial charge in [0.25, 0.3) is 0 Å². The van der Waals surface area contributed by atoms with Crippen molar-refractivity contribution in [3.05, 3.63) is 24.7 Å². The topological polar surface area (TPSA) is 136 Å². The van der Waals surface area contributed by atoms with Gasteiger partial charge in [-0.15, -0.1) is 11.8 Å². The molecule has 10 nitrogen and oxygen atoms in total. The predicted molar refractivity (Wildman–Crippen MR) is 101 cm³/mol. The van der Waals surface area contributed by atoms with Crippen LogP contribution in [0.15, 0.2) is 29.7 Å². The van der Waals surface area contributed by atoms with Crippen LogP contribution in [0.3, 0.4) is 0 Å². The van der Waals surface area contributed by atoms with Gasteiger partial charge in [-0.2, -0.15) is 0 Å². The van der Waals surface area contributed by atoms with Crippen molar-refractivity contribution in [3.63, 3.8) is 0 Å². The van der Waals surface area contributed by atoms with Gasteiger partial charge in [-0.3, -0.25) is 13.8 Å². The second kappa shape index (κ2) is 7.94. The molecule has 2 fully saturated rings. The van der Waals surface area contributed by atoms with Crippen LogP contribution in [-0.2, 0) is 23.1 Å². The number of hydrogen-bond acceptors (Lipinski definition) is 10. The fourth-order valence-electron chi connectivity index (χ4n) is 2.91. The zero-order chi connectivity index (χ0) is 19.8. The van der Waals surface area contributed by atoms with E-state index >= 15 is 0 Å². The van der Waals surface area contributed by atoms with Gasteiger partial charge >= 0.3 is 13.7 Å². The molecule has 0 spiro atoms. The Morgan fingerprint density at radius 2 is 2.44 bits per heavy atom. The molecule has 3 aliphatic rings. The van der Waals surface area contributed by atoms with Gasteiger partial charge in [0.1, 0.15) is 35.8 Å². The highest BCUT2D eigenvalue weighted by molar-refractivity contribution is 8.00. The molecule has 2 saturated heterocycles. The van der Waals surface area contributed by atoms with E-state index in [1.54, 1.807) is 24.1 Å². The first-order chi connectivity index (χ1) is 12.7. The monoisotopic (exact) mass is 418 g/mol. The van der Waals surface area contributed by atoms with Crippen LogP contribution in [-0.4, -0.2) is 63.9 Å². The molecule has 3 aliphatic heterocycles. The summed E-state index contributed by atoms with van der Waals surface area (Å²) in [4.78, 5) is 16.7. The molecular weight excluding hydrogens is 395 g/mol. The average Bonchev–Trinajstić information content (AvgIpc) is 2.89. The maximum atomic E-state index is 12.9. The Morgan fingerprint density at radius 3 is 3.11 bits per heavy atom. The van der Waals surface area contributed by atoms with Crippen LogP contribution in [0.2, 0.25) is 0 Å². The number of nitrogens with zero attached hydrogens (tertiary/aromatic N) is 2. The van der Waals surface area contributed by atoms with E-state index in [9.17, 15) is 14.5 Å². The quantitative estimate of drug-likeness (QED) is 0.428. The molecule has 150 valence electrons. The summed E-state index contributed by atoms with van der Waals surface area (Å²) in [6.07, 6.45) is 1.67. The largest absolute Gasteiger partial charge is 0.464 e. The van der Waals surface area contributed by atoms with E-state index < -0.39 is 37.3 Å². The highest BCUT2D eigenvalue weighted by Gasteiger charge is 2.53. The molecule has 0 aromatic carbocycles. The third kappa shape index (κ3) is 4.56. The Balaban J connectivity index is 1.64.